The normalized spacial score (nSPS) is 16.1. The standard InChI is InChI=1S/C15H24N2O3.2ClH/c1-4-12(17-7-5-16-6-8-17)15-13(19-2)9-11(18)10-14(15)20-3;;/h9-10,12,16,18H,4-8H2,1-3H3;2*1H/t12-;;/m0../s1. The van der Waals surface area contributed by atoms with Crippen molar-refractivity contribution in [1.29, 1.82) is 0 Å². The predicted molar refractivity (Wildman–Crippen MR) is 93.2 cm³/mol. The van der Waals surface area contributed by atoms with Gasteiger partial charge in [0.15, 0.2) is 0 Å². The van der Waals surface area contributed by atoms with Crippen molar-refractivity contribution in [2.24, 2.45) is 0 Å². The monoisotopic (exact) mass is 352 g/mol. The zero-order chi connectivity index (χ0) is 14.5. The average Bonchev–Trinajstić information content (AvgIpc) is 2.49. The van der Waals surface area contributed by atoms with Gasteiger partial charge in [-0.3, -0.25) is 4.90 Å². The minimum Gasteiger partial charge on any atom is -0.508 e. The Kier molecular flexibility index (Phi) is 9.60. The predicted octanol–water partition coefficient (Wildman–Crippen LogP) is 2.61. The molecule has 0 radical (unpaired) electrons. The van der Waals surface area contributed by atoms with Gasteiger partial charge in [-0.1, -0.05) is 6.92 Å². The molecule has 0 bridgehead atoms. The van der Waals surface area contributed by atoms with E-state index < -0.39 is 0 Å². The van der Waals surface area contributed by atoms with E-state index in [4.69, 9.17) is 9.47 Å². The van der Waals surface area contributed by atoms with Gasteiger partial charge in [0, 0.05) is 44.4 Å². The van der Waals surface area contributed by atoms with Crippen LogP contribution in [-0.2, 0) is 0 Å². The lowest BCUT2D eigenvalue weighted by molar-refractivity contribution is 0.163. The Morgan fingerprint density at radius 2 is 1.64 bits per heavy atom. The topological polar surface area (TPSA) is 54.0 Å². The number of nitrogens with zero attached hydrogens (tertiary/aromatic N) is 1. The summed E-state index contributed by atoms with van der Waals surface area (Å²) in [6, 6.07) is 3.55. The molecule has 1 aromatic rings. The number of benzene rings is 1. The van der Waals surface area contributed by atoms with Crippen LogP contribution in [0.5, 0.6) is 17.2 Å². The first-order valence-electron chi connectivity index (χ1n) is 7.10. The van der Waals surface area contributed by atoms with Gasteiger partial charge in [0.25, 0.3) is 0 Å². The molecular weight excluding hydrogens is 327 g/mol. The highest BCUT2D eigenvalue weighted by atomic mass is 35.5. The second-order valence-corrected chi connectivity index (χ2v) is 4.97. The second-order valence-electron chi connectivity index (χ2n) is 4.97. The fourth-order valence-corrected chi connectivity index (χ4v) is 2.89. The van der Waals surface area contributed by atoms with Gasteiger partial charge in [0.1, 0.15) is 17.2 Å². The fourth-order valence-electron chi connectivity index (χ4n) is 2.89. The Morgan fingerprint density at radius 3 is 2.05 bits per heavy atom. The van der Waals surface area contributed by atoms with Crippen LogP contribution in [0.1, 0.15) is 24.9 Å². The minimum atomic E-state index is 0. The van der Waals surface area contributed by atoms with Crippen LogP contribution < -0.4 is 14.8 Å². The Balaban J connectivity index is 0.00000220. The summed E-state index contributed by atoms with van der Waals surface area (Å²) in [6.07, 6.45) is 0.970. The van der Waals surface area contributed by atoms with Gasteiger partial charge in [-0.05, 0) is 6.42 Å². The minimum absolute atomic E-state index is 0. The van der Waals surface area contributed by atoms with E-state index in [1.165, 1.54) is 0 Å². The van der Waals surface area contributed by atoms with E-state index >= 15 is 0 Å². The van der Waals surface area contributed by atoms with E-state index in [1.54, 1.807) is 26.4 Å². The number of hydrogen-bond donors (Lipinski definition) is 2. The number of piperazine rings is 1. The summed E-state index contributed by atoms with van der Waals surface area (Å²) in [6.45, 7) is 6.17. The Hall–Kier alpha value is -0.880. The molecule has 128 valence electrons. The van der Waals surface area contributed by atoms with Crippen molar-refractivity contribution in [3.63, 3.8) is 0 Å². The number of methoxy groups -OCH3 is 2. The maximum atomic E-state index is 9.76. The number of phenolic OH excluding ortho intramolecular Hbond substituents is 1. The number of nitrogens with one attached hydrogen (secondary N) is 1. The van der Waals surface area contributed by atoms with Gasteiger partial charge in [-0.15, -0.1) is 24.8 Å². The summed E-state index contributed by atoms with van der Waals surface area (Å²) in [5.74, 6) is 1.54. The smallest absolute Gasteiger partial charge is 0.131 e. The molecule has 0 aromatic heterocycles. The van der Waals surface area contributed by atoms with Gasteiger partial charge in [0.2, 0.25) is 0 Å². The molecule has 2 rings (SSSR count). The van der Waals surface area contributed by atoms with Crippen LogP contribution in [0.15, 0.2) is 12.1 Å². The fraction of sp³-hybridized carbons (Fsp3) is 0.600. The van der Waals surface area contributed by atoms with E-state index in [0.717, 1.165) is 38.2 Å². The van der Waals surface area contributed by atoms with Crippen LogP contribution in [0.3, 0.4) is 0 Å². The molecule has 0 aliphatic carbocycles. The molecular formula is C15H26Cl2N2O3. The second kappa shape index (κ2) is 10.0. The number of phenols is 1. The van der Waals surface area contributed by atoms with Crippen LogP contribution in [0.2, 0.25) is 0 Å². The molecule has 1 aliphatic heterocycles. The van der Waals surface area contributed by atoms with Crippen LogP contribution in [-0.4, -0.2) is 50.4 Å². The maximum absolute atomic E-state index is 9.76. The Labute approximate surface area is 144 Å². The first-order valence-corrected chi connectivity index (χ1v) is 7.10. The molecule has 1 atom stereocenters. The quantitative estimate of drug-likeness (QED) is 0.852. The largest absolute Gasteiger partial charge is 0.508 e. The average molecular weight is 353 g/mol. The highest BCUT2D eigenvalue weighted by Gasteiger charge is 2.27. The lowest BCUT2D eigenvalue weighted by Crippen LogP contribution is -2.45. The number of ether oxygens (including phenoxy) is 2. The third kappa shape index (κ3) is 4.56. The highest BCUT2D eigenvalue weighted by molar-refractivity contribution is 5.85. The van der Waals surface area contributed by atoms with Gasteiger partial charge in [-0.25, -0.2) is 0 Å². The van der Waals surface area contributed by atoms with Crippen molar-refractivity contribution in [3.05, 3.63) is 17.7 Å². The summed E-state index contributed by atoms with van der Waals surface area (Å²) >= 11 is 0. The summed E-state index contributed by atoms with van der Waals surface area (Å²) < 4.78 is 10.9. The van der Waals surface area contributed by atoms with Crippen LogP contribution in [0, 0.1) is 0 Å². The van der Waals surface area contributed by atoms with Crippen LogP contribution in [0.25, 0.3) is 0 Å². The van der Waals surface area contributed by atoms with Gasteiger partial charge in [0.05, 0.1) is 19.8 Å². The number of halogens is 2. The lowest BCUT2D eigenvalue weighted by atomic mass is 9.99. The van der Waals surface area contributed by atoms with E-state index in [1.807, 2.05) is 0 Å². The summed E-state index contributed by atoms with van der Waals surface area (Å²) in [4.78, 5) is 2.44. The first-order chi connectivity index (χ1) is 9.71. The zero-order valence-corrected chi connectivity index (χ0v) is 14.9. The molecule has 1 aromatic carbocycles. The Bertz CT molecular complexity index is 429. The Morgan fingerprint density at radius 1 is 1.14 bits per heavy atom. The van der Waals surface area contributed by atoms with Crippen molar-refractivity contribution >= 4 is 24.8 Å². The number of aromatic hydroxyl groups is 1. The summed E-state index contributed by atoms with van der Waals surface area (Å²) in [7, 11) is 3.25. The first kappa shape index (κ1) is 21.1. The highest BCUT2D eigenvalue weighted by Crippen LogP contribution is 2.41. The van der Waals surface area contributed by atoms with E-state index in [2.05, 4.69) is 17.1 Å². The molecule has 1 fully saturated rings. The summed E-state index contributed by atoms with van der Waals surface area (Å²) in [5, 5.41) is 13.1. The van der Waals surface area contributed by atoms with Crippen molar-refractivity contribution < 1.29 is 14.6 Å². The van der Waals surface area contributed by atoms with Crippen molar-refractivity contribution in [2.75, 3.05) is 40.4 Å². The number of hydrogen-bond acceptors (Lipinski definition) is 5. The van der Waals surface area contributed by atoms with E-state index in [-0.39, 0.29) is 36.6 Å². The zero-order valence-electron chi connectivity index (χ0n) is 13.3. The molecule has 2 N–H and O–H groups in total. The third-order valence-electron chi connectivity index (χ3n) is 3.84. The molecule has 22 heavy (non-hydrogen) atoms. The summed E-state index contributed by atoms with van der Waals surface area (Å²) in [5.41, 5.74) is 1.03. The molecule has 5 nitrogen and oxygen atoms in total. The number of rotatable bonds is 5. The molecule has 1 saturated heterocycles. The SMILES string of the molecule is CC[C@@H](c1c(OC)cc(O)cc1OC)N1CCNCC1.Cl.Cl. The third-order valence-corrected chi connectivity index (χ3v) is 3.84. The van der Waals surface area contributed by atoms with Crippen LogP contribution in [0.4, 0.5) is 0 Å². The molecule has 0 spiro atoms. The molecule has 0 unspecified atom stereocenters. The van der Waals surface area contributed by atoms with Gasteiger partial charge >= 0.3 is 0 Å². The lowest BCUT2D eigenvalue weighted by Gasteiger charge is -2.35. The molecule has 0 amide bonds. The van der Waals surface area contributed by atoms with Gasteiger partial charge < -0.3 is 19.9 Å². The molecule has 1 heterocycles. The van der Waals surface area contributed by atoms with E-state index in [9.17, 15) is 5.11 Å². The van der Waals surface area contributed by atoms with Crippen LogP contribution >= 0.6 is 24.8 Å². The van der Waals surface area contributed by atoms with E-state index in [0.29, 0.717) is 11.5 Å². The molecule has 7 heteroatoms. The van der Waals surface area contributed by atoms with Crippen molar-refractivity contribution in [3.8, 4) is 17.2 Å². The maximum Gasteiger partial charge on any atom is 0.131 e. The molecule has 1 aliphatic rings. The molecule has 0 saturated carbocycles. The van der Waals surface area contributed by atoms with Crippen molar-refractivity contribution in [1.82, 2.24) is 10.2 Å². The van der Waals surface area contributed by atoms with Gasteiger partial charge in [-0.2, -0.15) is 0 Å². The van der Waals surface area contributed by atoms with Crippen molar-refractivity contribution in [2.45, 2.75) is 19.4 Å².